The molecular formula is C23H22N4O2S. The Morgan fingerprint density at radius 1 is 0.867 bits per heavy atom. The molecule has 1 atom stereocenters. The minimum absolute atomic E-state index is 0.274. The molecule has 0 fully saturated rings. The maximum atomic E-state index is 13.2. The largest absolute Gasteiger partial charge is 0.243 e. The molecule has 3 aromatic carbocycles. The molecule has 1 heterocycles. The summed E-state index contributed by atoms with van der Waals surface area (Å²) < 4.78 is 29.4. The Balaban J connectivity index is 1.54. The molecule has 0 N–H and O–H groups in total. The molecule has 0 amide bonds. The number of benzene rings is 3. The number of sulfonamides is 1. The van der Waals surface area contributed by atoms with Gasteiger partial charge in [-0.1, -0.05) is 54.6 Å². The van der Waals surface area contributed by atoms with E-state index in [0.29, 0.717) is 0 Å². The van der Waals surface area contributed by atoms with Gasteiger partial charge in [0.05, 0.1) is 10.6 Å². The Morgan fingerprint density at radius 2 is 1.50 bits per heavy atom. The zero-order chi connectivity index (χ0) is 21.1. The smallest absolute Gasteiger partial charge is 0.223 e. The van der Waals surface area contributed by atoms with Crippen LogP contribution in [0, 0.1) is 0 Å². The van der Waals surface area contributed by atoms with E-state index in [0.717, 1.165) is 22.4 Å². The van der Waals surface area contributed by atoms with E-state index in [2.05, 4.69) is 10.1 Å². The molecule has 0 aliphatic carbocycles. The lowest BCUT2D eigenvalue weighted by Crippen LogP contribution is -2.29. The molecule has 6 nitrogen and oxygen atoms in total. The molecule has 0 bridgehead atoms. The zero-order valence-electron chi connectivity index (χ0n) is 16.8. The fourth-order valence-corrected chi connectivity index (χ4v) is 4.63. The van der Waals surface area contributed by atoms with Gasteiger partial charge in [-0.3, -0.25) is 0 Å². The van der Waals surface area contributed by atoms with Gasteiger partial charge in [0.1, 0.15) is 12.7 Å². The first-order chi connectivity index (χ1) is 14.5. The third-order valence-corrected chi connectivity index (χ3v) is 7.18. The summed E-state index contributed by atoms with van der Waals surface area (Å²) in [5.74, 6) is 0. The van der Waals surface area contributed by atoms with Crippen molar-refractivity contribution in [3.8, 4) is 16.8 Å². The SMILES string of the molecule is CC(c1ccc(-n2cncn2)cc1)N(C)S(=O)(=O)c1ccc(-c2ccccc2)cc1. The summed E-state index contributed by atoms with van der Waals surface area (Å²) >= 11 is 0. The summed E-state index contributed by atoms with van der Waals surface area (Å²) in [5, 5.41) is 4.10. The van der Waals surface area contributed by atoms with Crippen molar-refractivity contribution in [1.29, 1.82) is 0 Å². The van der Waals surface area contributed by atoms with Gasteiger partial charge in [-0.05, 0) is 47.9 Å². The number of aromatic nitrogens is 3. The third kappa shape index (κ3) is 3.90. The zero-order valence-corrected chi connectivity index (χ0v) is 17.6. The predicted molar refractivity (Wildman–Crippen MR) is 117 cm³/mol. The van der Waals surface area contributed by atoms with Crippen LogP contribution in [-0.2, 0) is 10.0 Å². The first-order valence-electron chi connectivity index (χ1n) is 9.55. The number of rotatable bonds is 6. The molecule has 30 heavy (non-hydrogen) atoms. The van der Waals surface area contributed by atoms with Crippen LogP contribution in [0.25, 0.3) is 16.8 Å². The number of hydrogen-bond donors (Lipinski definition) is 0. The first kappa shape index (κ1) is 20.0. The maximum Gasteiger partial charge on any atom is 0.243 e. The van der Waals surface area contributed by atoms with Crippen LogP contribution in [0.1, 0.15) is 18.5 Å². The predicted octanol–water partition coefficient (Wildman–Crippen LogP) is 4.32. The molecule has 0 saturated carbocycles. The van der Waals surface area contributed by atoms with Crippen molar-refractivity contribution in [1.82, 2.24) is 19.1 Å². The molecule has 0 saturated heterocycles. The van der Waals surface area contributed by atoms with E-state index in [1.54, 1.807) is 30.2 Å². The van der Waals surface area contributed by atoms with Crippen molar-refractivity contribution in [2.45, 2.75) is 17.9 Å². The van der Waals surface area contributed by atoms with Crippen molar-refractivity contribution < 1.29 is 8.42 Å². The highest BCUT2D eigenvalue weighted by Gasteiger charge is 2.26. The first-order valence-corrected chi connectivity index (χ1v) is 11.0. The molecule has 1 unspecified atom stereocenters. The lowest BCUT2D eigenvalue weighted by atomic mass is 10.1. The van der Waals surface area contributed by atoms with Crippen LogP contribution in [0.3, 0.4) is 0 Å². The normalized spacial score (nSPS) is 12.8. The average Bonchev–Trinajstić information content (AvgIpc) is 3.34. The Morgan fingerprint density at radius 3 is 2.10 bits per heavy atom. The van der Waals surface area contributed by atoms with E-state index in [1.165, 1.54) is 10.6 Å². The summed E-state index contributed by atoms with van der Waals surface area (Å²) in [7, 11) is -2.03. The molecule has 7 heteroatoms. The van der Waals surface area contributed by atoms with Gasteiger partial charge in [0, 0.05) is 13.1 Å². The lowest BCUT2D eigenvalue weighted by molar-refractivity contribution is 0.398. The molecule has 0 aliphatic heterocycles. The average molecular weight is 419 g/mol. The molecule has 4 aromatic rings. The quantitative estimate of drug-likeness (QED) is 0.468. The summed E-state index contributed by atoms with van der Waals surface area (Å²) in [6.07, 6.45) is 3.09. The Hall–Kier alpha value is -3.29. The molecular weight excluding hydrogens is 396 g/mol. The van der Waals surface area contributed by atoms with E-state index in [-0.39, 0.29) is 10.9 Å². The van der Waals surface area contributed by atoms with E-state index in [9.17, 15) is 8.42 Å². The summed E-state index contributed by atoms with van der Waals surface area (Å²) in [6.45, 7) is 1.88. The van der Waals surface area contributed by atoms with Crippen molar-refractivity contribution in [3.05, 3.63) is 97.1 Å². The minimum Gasteiger partial charge on any atom is -0.223 e. The molecule has 0 radical (unpaired) electrons. The highest BCUT2D eigenvalue weighted by Crippen LogP contribution is 2.28. The van der Waals surface area contributed by atoms with Gasteiger partial charge >= 0.3 is 0 Å². The second-order valence-corrected chi connectivity index (χ2v) is 9.02. The highest BCUT2D eigenvalue weighted by atomic mass is 32.2. The topological polar surface area (TPSA) is 68.1 Å². The Bertz CT molecular complexity index is 1200. The van der Waals surface area contributed by atoms with Crippen LogP contribution >= 0.6 is 0 Å². The molecule has 152 valence electrons. The Labute approximate surface area is 176 Å². The summed E-state index contributed by atoms with van der Waals surface area (Å²) in [5.41, 5.74) is 3.79. The fourth-order valence-electron chi connectivity index (χ4n) is 3.28. The summed E-state index contributed by atoms with van der Waals surface area (Å²) in [6, 6.07) is 24.2. The van der Waals surface area contributed by atoms with E-state index < -0.39 is 10.0 Å². The standard InChI is InChI=1S/C23H22N4O2S/c1-18(19-8-12-22(13-9-19)27-17-24-16-25-27)26(2)30(28,29)23-14-10-21(11-15-23)20-6-4-3-5-7-20/h3-18H,1-2H3. The van der Waals surface area contributed by atoms with Crippen LogP contribution in [0.15, 0.2) is 96.4 Å². The Kier molecular flexibility index (Phi) is 5.48. The van der Waals surface area contributed by atoms with Gasteiger partial charge < -0.3 is 0 Å². The van der Waals surface area contributed by atoms with Gasteiger partial charge in [0.2, 0.25) is 10.0 Å². The van der Waals surface area contributed by atoms with Crippen LogP contribution in [0.2, 0.25) is 0 Å². The van der Waals surface area contributed by atoms with Gasteiger partial charge in [-0.2, -0.15) is 9.40 Å². The fraction of sp³-hybridized carbons (Fsp3) is 0.130. The van der Waals surface area contributed by atoms with E-state index in [1.807, 2.05) is 73.7 Å². The number of nitrogens with zero attached hydrogens (tertiary/aromatic N) is 4. The second kappa shape index (κ2) is 8.22. The maximum absolute atomic E-state index is 13.2. The van der Waals surface area contributed by atoms with Gasteiger partial charge in [-0.25, -0.2) is 18.1 Å². The summed E-state index contributed by atoms with van der Waals surface area (Å²) in [4.78, 5) is 4.21. The van der Waals surface area contributed by atoms with Crippen LogP contribution in [0.5, 0.6) is 0 Å². The second-order valence-electron chi connectivity index (χ2n) is 7.02. The molecule has 0 aliphatic rings. The lowest BCUT2D eigenvalue weighted by Gasteiger charge is -2.25. The van der Waals surface area contributed by atoms with Crippen molar-refractivity contribution >= 4 is 10.0 Å². The van der Waals surface area contributed by atoms with Gasteiger partial charge in [0.15, 0.2) is 0 Å². The van der Waals surface area contributed by atoms with Gasteiger partial charge in [-0.15, -0.1) is 0 Å². The number of hydrogen-bond acceptors (Lipinski definition) is 4. The van der Waals surface area contributed by atoms with Crippen LogP contribution < -0.4 is 0 Å². The van der Waals surface area contributed by atoms with E-state index in [4.69, 9.17) is 0 Å². The monoisotopic (exact) mass is 418 g/mol. The third-order valence-electron chi connectivity index (χ3n) is 5.24. The van der Waals surface area contributed by atoms with Crippen molar-refractivity contribution in [2.75, 3.05) is 7.05 Å². The van der Waals surface area contributed by atoms with Gasteiger partial charge in [0.25, 0.3) is 0 Å². The molecule has 1 aromatic heterocycles. The van der Waals surface area contributed by atoms with Crippen LogP contribution in [-0.4, -0.2) is 34.5 Å². The minimum atomic E-state index is -3.63. The molecule has 0 spiro atoms. The van der Waals surface area contributed by atoms with Crippen LogP contribution in [0.4, 0.5) is 0 Å². The van der Waals surface area contributed by atoms with E-state index >= 15 is 0 Å². The highest BCUT2D eigenvalue weighted by molar-refractivity contribution is 7.89. The molecule has 4 rings (SSSR count). The van der Waals surface area contributed by atoms with Crippen molar-refractivity contribution in [2.24, 2.45) is 0 Å². The van der Waals surface area contributed by atoms with Crippen molar-refractivity contribution in [3.63, 3.8) is 0 Å².